The molecule has 3 nitrogen and oxygen atoms in total. The highest BCUT2D eigenvalue weighted by molar-refractivity contribution is 5.61. The third kappa shape index (κ3) is 2.71. The van der Waals surface area contributed by atoms with Crippen LogP contribution in [0.25, 0.3) is 0 Å². The van der Waals surface area contributed by atoms with Gasteiger partial charge in [-0.2, -0.15) is 0 Å². The van der Waals surface area contributed by atoms with Crippen molar-refractivity contribution in [2.45, 2.75) is 38.6 Å². The number of rotatable bonds is 6. The number of nitrogens with two attached hydrogens (primary N) is 1. The van der Waals surface area contributed by atoms with Crippen LogP contribution >= 0.6 is 0 Å². The first kappa shape index (κ1) is 11.7. The molecule has 0 atom stereocenters. The molecule has 0 radical (unpaired) electrons. The van der Waals surface area contributed by atoms with E-state index in [2.05, 4.69) is 17.0 Å². The van der Waals surface area contributed by atoms with Crippen LogP contribution in [0, 0.1) is 5.92 Å². The molecule has 2 fully saturated rings. The Morgan fingerprint density at radius 1 is 1.22 bits per heavy atom. The number of benzene rings is 1. The van der Waals surface area contributed by atoms with Gasteiger partial charge in [0.25, 0.3) is 0 Å². The molecular weight excluding hydrogens is 224 g/mol. The van der Waals surface area contributed by atoms with E-state index in [0.29, 0.717) is 6.61 Å². The zero-order valence-corrected chi connectivity index (χ0v) is 11.1. The van der Waals surface area contributed by atoms with Crippen LogP contribution in [0.2, 0.25) is 0 Å². The molecule has 1 aromatic carbocycles. The Hall–Kier alpha value is -1.38. The molecule has 2 N–H and O–H groups in total. The Kier molecular flexibility index (Phi) is 3.06. The van der Waals surface area contributed by atoms with Crippen LogP contribution in [0.1, 0.15) is 32.6 Å². The average molecular weight is 246 g/mol. The van der Waals surface area contributed by atoms with Crippen molar-refractivity contribution in [3.05, 3.63) is 18.2 Å². The normalized spacial score (nSPS) is 18.7. The van der Waals surface area contributed by atoms with Crippen LogP contribution in [0.4, 0.5) is 11.4 Å². The van der Waals surface area contributed by atoms with E-state index in [1.54, 1.807) is 0 Å². The summed E-state index contributed by atoms with van der Waals surface area (Å²) in [7, 11) is 0. The number of anilines is 2. The molecule has 18 heavy (non-hydrogen) atoms. The van der Waals surface area contributed by atoms with E-state index >= 15 is 0 Å². The minimum atomic E-state index is 0.689. The van der Waals surface area contributed by atoms with Crippen LogP contribution in [0.5, 0.6) is 5.75 Å². The van der Waals surface area contributed by atoms with E-state index in [4.69, 9.17) is 10.5 Å². The van der Waals surface area contributed by atoms with Gasteiger partial charge in [0.15, 0.2) is 0 Å². The molecule has 98 valence electrons. The smallest absolute Gasteiger partial charge is 0.123 e. The van der Waals surface area contributed by atoms with E-state index in [9.17, 15) is 0 Å². The molecule has 0 aliphatic heterocycles. The quantitative estimate of drug-likeness (QED) is 0.784. The summed E-state index contributed by atoms with van der Waals surface area (Å²) in [5.41, 5.74) is 8.03. The fraction of sp³-hybridized carbons (Fsp3) is 0.600. The molecule has 1 aromatic rings. The SMILES string of the molecule is CCOc1cc(N)cc(N(CC2CC2)C2CC2)c1. The summed E-state index contributed by atoms with van der Waals surface area (Å²) in [6.07, 6.45) is 5.44. The van der Waals surface area contributed by atoms with Gasteiger partial charge in [-0.25, -0.2) is 0 Å². The predicted octanol–water partition coefficient (Wildman–Crippen LogP) is 3.05. The minimum Gasteiger partial charge on any atom is -0.494 e. The van der Waals surface area contributed by atoms with Gasteiger partial charge in [-0.05, 0) is 44.6 Å². The standard InChI is InChI=1S/C15H22N2O/c1-2-18-15-8-12(16)7-14(9-15)17(13-5-6-13)10-11-3-4-11/h7-9,11,13H,2-6,10,16H2,1H3. The summed E-state index contributed by atoms with van der Waals surface area (Å²) in [5.74, 6) is 1.80. The van der Waals surface area contributed by atoms with E-state index < -0.39 is 0 Å². The lowest BCUT2D eigenvalue weighted by Crippen LogP contribution is -2.28. The number of hydrogen-bond donors (Lipinski definition) is 1. The molecule has 2 aliphatic rings. The van der Waals surface area contributed by atoms with Gasteiger partial charge in [0.2, 0.25) is 0 Å². The summed E-state index contributed by atoms with van der Waals surface area (Å²) in [6.45, 7) is 3.89. The van der Waals surface area contributed by atoms with Crippen LogP contribution < -0.4 is 15.4 Å². The van der Waals surface area contributed by atoms with Crippen molar-refractivity contribution >= 4 is 11.4 Å². The van der Waals surface area contributed by atoms with E-state index in [-0.39, 0.29) is 0 Å². The van der Waals surface area contributed by atoms with E-state index in [1.807, 2.05) is 13.0 Å². The van der Waals surface area contributed by atoms with Crippen LogP contribution in [-0.4, -0.2) is 19.2 Å². The Balaban J connectivity index is 1.82. The van der Waals surface area contributed by atoms with E-state index in [0.717, 1.165) is 23.4 Å². The molecule has 2 saturated carbocycles. The molecule has 0 unspecified atom stereocenters. The van der Waals surface area contributed by atoms with Crippen molar-refractivity contribution in [2.75, 3.05) is 23.8 Å². The average Bonchev–Trinajstić information content (AvgIpc) is 3.19. The number of nitrogens with zero attached hydrogens (tertiary/aromatic N) is 1. The molecule has 0 bridgehead atoms. The lowest BCUT2D eigenvalue weighted by atomic mass is 10.2. The topological polar surface area (TPSA) is 38.5 Å². The monoisotopic (exact) mass is 246 g/mol. The Labute approximate surface area is 109 Å². The lowest BCUT2D eigenvalue weighted by Gasteiger charge is -2.25. The second kappa shape index (κ2) is 4.71. The second-order valence-electron chi connectivity index (χ2n) is 5.52. The van der Waals surface area contributed by atoms with Crippen molar-refractivity contribution in [3.8, 4) is 5.75 Å². The van der Waals surface area contributed by atoms with Crippen LogP contribution in [0.15, 0.2) is 18.2 Å². The van der Waals surface area contributed by atoms with Crippen molar-refractivity contribution in [2.24, 2.45) is 5.92 Å². The summed E-state index contributed by atoms with van der Waals surface area (Å²) >= 11 is 0. The van der Waals surface area contributed by atoms with Gasteiger partial charge in [0, 0.05) is 36.1 Å². The van der Waals surface area contributed by atoms with Crippen molar-refractivity contribution in [1.82, 2.24) is 0 Å². The number of ether oxygens (including phenoxy) is 1. The summed E-state index contributed by atoms with van der Waals surface area (Å²) in [4.78, 5) is 2.54. The van der Waals surface area contributed by atoms with Gasteiger partial charge < -0.3 is 15.4 Å². The summed E-state index contributed by atoms with van der Waals surface area (Å²) in [6, 6.07) is 6.88. The highest BCUT2D eigenvalue weighted by Crippen LogP contribution is 2.39. The molecular formula is C15H22N2O. The first-order valence-corrected chi connectivity index (χ1v) is 7.06. The van der Waals surface area contributed by atoms with Gasteiger partial charge in [0.1, 0.15) is 5.75 Å². The van der Waals surface area contributed by atoms with E-state index in [1.165, 1.54) is 37.9 Å². The maximum atomic E-state index is 5.99. The van der Waals surface area contributed by atoms with Gasteiger partial charge in [-0.15, -0.1) is 0 Å². The third-order valence-corrected chi connectivity index (χ3v) is 3.70. The summed E-state index contributed by atoms with van der Waals surface area (Å²) < 4.78 is 5.59. The molecule has 0 aromatic heterocycles. The highest BCUT2D eigenvalue weighted by atomic mass is 16.5. The molecule has 2 aliphatic carbocycles. The minimum absolute atomic E-state index is 0.689. The summed E-state index contributed by atoms with van der Waals surface area (Å²) in [5, 5.41) is 0. The van der Waals surface area contributed by atoms with Crippen molar-refractivity contribution in [3.63, 3.8) is 0 Å². The Morgan fingerprint density at radius 2 is 2.00 bits per heavy atom. The zero-order chi connectivity index (χ0) is 12.5. The predicted molar refractivity (Wildman–Crippen MR) is 75.1 cm³/mol. The van der Waals surface area contributed by atoms with Crippen LogP contribution in [-0.2, 0) is 0 Å². The fourth-order valence-corrected chi connectivity index (χ4v) is 2.45. The maximum Gasteiger partial charge on any atom is 0.123 e. The lowest BCUT2D eigenvalue weighted by molar-refractivity contribution is 0.340. The van der Waals surface area contributed by atoms with Crippen LogP contribution in [0.3, 0.4) is 0 Å². The first-order valence-electron chi connectivity index (χ1n) is 7.06. The molecule has 3 rings (SSSR count). The Morgan fingerprint density at radius 3 is 2.61 bits per heavy atom. The van der Waals surface area contributed by atoms with Gasteiger partial charge >= 0.3 is 0 Å². The van der Waals surface area contributed by atoms with Crippen molar-refractivity contribution < 1.29 is 4.74 Å². The van der Waals surface area contributed by atoms with Gasteiger partial charge in [-0.1, -0.05) is 0 Å². The maximum absolute atomic E-state index is 5.99. The molecule has 0 heterocycles. The highest BCUT2D eigenvalue weighted by Gasteiger charge is 2.34. The largest absolute Gasteiger partial charge is 0.494 e. The molecule has 0 spiro atoms. The third-order valence-electron chi connectivity index (χ3n) is 3.70. The second-order valence-corrected chi connectivity index (χ2v) is 5.52. The van der Waals surface area contributed by atoms with Gasteiger partial charge in [-0.3, -0.25) is 0 Å². The number of nitrogen functional groups attached to an aromatic ring is 1. The molecule has 0 amide bonds. The Bertz CT molecular complexity index is 425. The first-order chi connectivity index (χ1) is 8.76. The van der Waals surface area contributed by atoms with Crippen molar-refractivity contribution in [1.29, 1.82) is 0 Å². The molecule has 0 saturated heterocycles. The van der Waals surface area contributed by atoms with Gasteiger partial charge in [0.05, 0.1) is 6.61 Å². The number of hydrogen-bond acceptors (Lipinski definition) is 3. The molecule has 3 heteroatoms. The zero-order valence-electron chi connectivity index (χ0n) is 11.1. The fourth-order valence-electron chi connectivity index (χ4n) is 2.45.